The zero-order chi connectivity index (χ0) is 88.3. The number of halogens is 1. The minimum Gasteiger partial charge on any atom is -0.497 e. The van der Waals surface area contributed by atoms with E-state index in [1.54, 1.807) is 30.5 Å². The van der Waals surface area contributed by atoms with Crippen molar-refractivity contribution < 1.29 is 103 Å². The fourth-order valence-corrected chi connectivity index (χ4v) is 19.1. The van der Waals surface area contributed by atoms with E-state index in [4.69, 9.17) is 47.6 Å². The van der Waals surface area contributed by atoms with Crippen molar-refractivity contribution in [1.29, 1.82) is 0 Å². The second-order valence-electron chi connectivity index (χ2n) is 32.9. The van der Waals surface area contributed by atoms with E-state index in [1.165, 1.54) is 19.0 Å². The Kier molecular flexibility index (Phi) is 26.9. The molecule has 8 fully saturated rings. The molecule has 40 nitrogen and oxygen atoms in total. The van der Waals surface area contributed by atoms with Gasteiger partial charge in [-0.15, -0.1) is 0 Å². The second-order valence-corrected chi connectivity index (χ2v) is 37.6. The van der Waals surface area contributed by atoms with Crippen molar-refractivity contribution in [2.24, 2.45) is 45.0 Å². The number of nitrogens with zero attached hydrogens (tertiary/aromatic N) is 15. The lowest BCUT2D eigenvalue weighted by molar-refractivity contribution is -0.249. The highest BCUT2D eigenvalue weighted by molar-refractivity contribution is 8.11. The van der Waals surface area contributed by atoms with Crippen LogP contribution in [0.5, 0.6) is 5.75 Å². The highest BCUT2D eigenvalue weighted by Crippen LogP contribution is 2.51. The summed E-state index contributed by atoms with van der Waals surface area (Å²) in [6.07, 6.45) is 14.4. The zero-order valence-corrected chi connectivity index (χ0v) is 72.2. The maximum Gasteiger partial charge on any atom is 0.333 e. The molecule has 123 heavy (non-hydrogen) atoms. The molecular weight excluding hydrogens is 1680 g/mol. The fourth-order valence-electron chi connectivity index (χ4n) is 18.3. The summed E-state index contributed by atoms with van der Waals surface area (Å²) < 4.78 is 123. The van der Waals surface area contributed by atoms with Crippen molar-refractivity contribution in [3.63, 3.8) is 0 Å². The Labute approximate surface area is 712 Å². The van der Waals surface area contributed by atoms with Crippen LogP contribution in [0, 0.1) is 64.2 Å². The van der Waals surface area contributed by atoms with Gasteiger partial charge in [-0.2, -0.15) is 25.3 Å². The second kappa shape index (κ2) is 36.5. The summed E-state index contributed by atoms with van der Waals surface area (Å²) in [5.41, 5.74) is 9.43. The molecule has 666 valence electrons. The monoisotopic (exact) mass is 1790 g/mol. The van der Waals surface area contributed by atoms with Crippen LogP contribution in [0.2, 0.25) is 0 Å². The molecule has 13 N–H and O–H groups in total. The zero-order valence-electron chi connectivity index (χ0n) is 69.0. The number of hydrogen-bond acceptors (Lipinski definition) is 32. The minimum absolute atomic E-state index is 0.0385. The van der Waals surface area contributed by atoms with Crippen molar-refractivity contribution >= 4 is 95.7 Å². The highest BCUT2D eigenvalue weighted by atomic mass is 35.7. The Morgan fingerprint density at radius 3 is 1.10 bits per heavy atom. The Balaban J connectivity index is 0.000000124. The van der Waals surface area contributed by atoms with E-state index < -0.39 is 90.2 Å². The van der Waals surface area contributed by atoms with Gasteiger partial charge < -0.3 is 91.7 Å². The SMILES string of the molecule is COc1ccc(C2OC[C@@H]3C[C@@H](n4ccc5c(C)ncnc54)[C@H](O)[C@@H]3O2)cc1.Cc1ncnc2c1ccn2[C@@H]1C[C@@H](CO)[C@@H](O)[C@H]1O.Cc1ncnc2c1ccn2[C@@H]1C[C@@H](CO)[C@H]2OC(C)(C)O[C@H]21.Cc1ncnc2c1ccn2[C@@H]1C[C@@H](COS(N)(=O)=O)[C@@H](O)[C@H]1O.Cc1ncnc2c1ccn2[C@@H]1C[C@@H](COS(N)(=O)=O)[C@H]2OC(C)(C)O[C@H]21.NS(=O)(=O)Cl. The minimum atomic E-state index is -4.08. The number of hydrogen-bond donors (Lipinski definition) is 10. The summed E-state index contributed by atoms with van der Waals surface area (Å²) >= 11 is 0. The number of methoxy groups -OCH3 is 1. The first-order valence-electron chi connectivity index (χ1n) is 39.9. The van der Waals surface area contributed by atoms with Gasteiger partial charge in [-0.3, -0.25) is 8.37 Å². The molecule has 19 rings (SSSR count). The molecule has 0 bridgehead atoms. The Bertz CT molecular complexity index is 5920. The third-order valence-electron chi connectivity index (χ3n) is 24.2. The third-order valence-corrected chi connectivity index (χ3v) is 25.1. The number of aryl methyl sites for hydroxylation is 5. The molecule has 11 aromatic rings. The summed E-state index contributed by atoms with van der Waals surface area (Å²) in [7, 11) is -5.86. The van der Waals surface area contributed by atoms with Gasteiger partial charge >= 0.3 is 20.6 Å². The van der Waals surface area contributed by atoms with E-state index in [9.17, 15) is 61.0 Å². The molecule has 8 aliphatic rings. The van der Waals surface area contributed by atoms with Crippen molar-refractivity contribution in [2.75, 3.05) is 40.1 Å². The van der Waals surface area contributed by atoms with Gasteiger partial charge in [0.05, 0.1) is 116 Å². The van der Waals surface area contributed by atoms with Crippen LogP contribution in [-0.2, 0) is 66.6 Å². The van der Waals surface area contributed by atoms with E-state index >= 15 is 0 Å². The van der Waals surface area contributed by atoms with Crippen molar-refractivity contribution in [1.82, 2.24) is 72.7 Å². The summed E-state index contributed by atoms with van der Waals surface area (Å²) in [6.45, 7) is 17.4. The summed E-state index contributed by atoms with van der Waals surface area (Å²) in [5.74, 6) is -1.32. The number of aliphatic hydroxyl groups is 7. The predicted octanol–water partition coefficient (Wildman–Crippen LogP) is 4.32. The number of rotatable bonds is 15. The lowest BCUT2D eigenvalue weighted by Gasteiger charge is -2.34. The first-order chi connectivity index (χ1) is 58.2. The van der Waals surface area contributed by atoms with Crippen LogP contribution in [0.4, 0.5) is 0 Å². The van der Waals surface area contributed by atoms with Gasteiger partial charge in [-0.05, 0) is 137 Å². The molecule has 13 heterocycles. The summed E-state index contributed by atoms with van der Waals surface area (Å²) in [4.78, 5) is 42.8. The highest BCUT2D eigenvalue weighted by Gasteiger charge is 2.57. The van der Waals surface area contributed by atoms with E-state index in [1.807, 2.05) is 146 Å². The Hall–Kier alpha value is -8.46. The van der Waals surface area contributed by atoms with Crippen LogP contribution in [0.1, 0.15) is 130 Å². The lowest BCUT2D eigenvalue weighted by Crippen LogP contribution is -2.39. The van der Waals surface area contributed by atoms with E-state index in [0.717, 1.165) is 102 Å². The van der Waals surface area contributed by atoms with Gasteiger partial charge in [-0.25, -0.2) is 65.3 Å². The maximum atomic E-state index is 11.2. The van der Waals surface area contributed by atoms with Crippen molar-refractivity contribution in [3.8, 4) is 5.75 Å². The molecular formula is C79H103ClN18O22S3. The smallest absolute Gasteiger partial charge is 0.333 e. The van der Waals surface area contributed by atoms with Crippen LogP contribution in [-0.4, -0.2) is 246 Å². The van der Waals surface area contributed by atoms with Gasteiger partial charge in [0.15, 0.2) is 17.9 Å². The summed E-state index contributed by atoms with van der Waals surface area (Å²) in [6, 6.07) is 16.7. The van der Waals surface area contributed by atoms with E-state index in [-0.39, 0.29) is 105 Å². The van der Waals surface area contributed by atoms with Crippen LogP contribution in [0.3, 0.4) is 0 Å². The largest absolute Gasteiger partial charge is 0.497 e. The topological polar surface area (TPSA) is 559 Å². The van der Waals surface area contributed by atoms with Gasteiger partial charge in [0.1, 0.15) is 96.1 Å². The predicted molar refractivity (Wildman–Crippen MR) is 443 cm³/mol. The molecule has 0 amide bonds. The van der Waals surface area contributed by atoms with Gasteiger partial charge in [0, 0.05) is 117 Å². The number of benzene rings is 1. The molecule has 10 aromatic heterocycles. The molecule has 1 unspecified atom stereocenters. The number of nitrogens with two attached hydrogens (primary N) is 3. The van der Waals surface area contributed by atoms with Crippen LogP contribution >= 0.6 is 10.7 Å². The maximum absolute atomic E-state index is 11.2. The normalized spacial score (nSPS) is 29.9. The first kappa shape index (κ1) is 90.8. The summed E-state index contributed by atoms with van der Waals surface area (Å²) in [5, 5.41) is 89.2. The molecule has 1 aromatic carbocycles. The average molecular weight is 1790 g/mol. The molecule has 44 heteroatoms. The quantitative estimate of drug-likeness (QED) is 0.0639. The number of aliphatic hydroxyl groups excluding tert-OH is 7. The Morgan fingerprint density at radius 2 is 0.740 bits per heavy atom. The van der Waals surface area contributed by atoms with E-state index in [2.05, 4.69) is 83.5 Å². The molecule has 0 spiro atoms. The van der Waals surface area contributed by atoms with Gasteiger partial charge in [0.2, 0.25) is 0 Å². The van der Waals surface area contributed by atoms with E-state index in [0.29, 0.717) is 31.5 Å². The third kappa shape index (κ3) is 19.7. The number of aromatic nitrogens is 15. The molecule has 5 saturated carbocycles. The van der Waals surface area contributed by atoms with Crippen LogP contribution in [0.25, 0.3) is 55.2 Å². The lowest BCUT2D eigenvalue weighted by atomic mass is 10.0. The van der Waals surface area contributed by atoms with Gasteiger partial charge in [0.25, 0.3) is 9.24 Å². The molecule has 21 atom stereocenters. The van der Waals surface area contributed by atoms with Gasteiger partial charge in [-0.1, -0.05) is 12.1 Å². The molecule has 3 aliphatic heterocycles. The van der Waals surface area contributed by atoms with Crippen molar-refractivity contribution in [2.45, 2.75) is 204 Å². The number of ether oxygens (including phenoxy) is 7. The fraction of sp³-hybridized carbons (Fsp3) is 0.544. The number of fused-ring (bicyclic) bond motifs is 8. The van der Waals surface area contributed by atoms with Crippen molar-refractivity contribution in [3.05, 3.63) is 151 Å². The first-order valence-corrected chi connectivity index (χ1v) is 45.2. The molecule has 0 radical (unpaired) electrons. The molecule has 3 saturated heterocycles. The average Bonchev–Trinajstić information content (AvgIpc) is 1.59. The Morgan fingerprint density at radius 1 is 0.423 bits per heavy atom. The molecule has 5 aliphatic carbocycles. The van der Waals surface area contributed by atoms with Crippen LogP contribution < -0.4 is 20.2 Å². The standard InChI is InChI=1S/C21H23N3O4.C16H22N4O5S.C16H21N3O3.C13H18N4O5S.C13H17N3O3.ClH2NO2S/c1-12-16-7-8-24(20(16)23-11-22-12)17-9-14-10-27-21(28-19(14)18(17)25)13-3-5-15(26-2)6-4-13;1-9-11-4-5-20(15(11)19-8-18-9)12-6-10(7-23-26(17,21)22)13-14(12)25-16(2,3)24-13;1-9-11-4-5-19(15(11)18-8-17-9)12-6-10(7-20)13-14(12)22-16(2,3)21-13;1-7-9-2-3-17(13(9)16-6-15-7)10-4-8(11(18)12(10)19)5-22-23(14,20)21;1-7-9-2-3-16(13(9)15-6-14-7)10-4-8(5-17)11(18)12(10)19;1-5(2,3)4/h3-8,11,14,17-19,21,25H,9-10H2,1-2H3;4-5,8,10,12-14H,6-7H2,1-3H3,(H2,17,21,22);4-5,8,10,12-14,20H,6-7H2,1-3H3;2-3,6,8,10-12,18-19H,4-5H2,1H3,(H2,14,20,21);2-3,6,8,10-12,17-19H,4-5H2,1H3;(H2,2,3,4)/t14-,17+,18-,19+,21?;2*10-,12+,13+,14-;2*8-,10+,11+,12-;/m00000./s1. The van der Waals surface area contributed by atoms with Crippen LogP contribution in [0.15, 0.2) is 117 Å².